The van der Waals surface area contributed by atoms with Crippen LogP contribution in [-0.2, 0) is 22.4 Å². The van der Waals surface area contributed by atoms with Gasteiger partial charge in [0, 0.05) is 50.9 Å². The van der Waals surface area contributed by atoms with Gasteiger partial charge in [0.25, 0.3) is 0 Å². The highest BCUT2D eigenvalue weighted by Gasteiger charge is 2.34. The lowest BCUT2D eigenvalue weighted by Gasteiger charge is -2.27. The summed E-state index contributed by atoms with van der Waals surface area (Å²) < 4.78 is 5.54. The lowest BCUT2D eigenvalue weighted by Crippen LogP contribution is -2.29. The van der Waals surface area contributed by atoms with Crippen molar-refractivity contribution in [1.82, 2.24) is 10.1 Å². The standard InChI is InChI=1S/C26H28N2O4/c29-21-10-6-9-20(28-13-4-5-14-28)26(21)22(30)12-11-19-25-23(31)15-18(16-24(25)32-27-19)17-7-2-1-3-8-17/h1-3,7-8,18H,4-6,9-16H2. The van der Waals surface area contributed by atoms with Crippen LogP contribution in [0.2, 0.25) is 0 Å². The number of allylic oxidation sites excluding steroid dienone is 2. The van der Waals surface area contributed by atoms with Crippen molar-refractivity contribution in [2.75, 3.05) is 13.1 Å². The van der Waals surface area contributed by atoms with Crippen LogP contribution in [0.5, 0.6) is 0 Å². The summed E-state index contributed by atoms with van der Waals surface area (Å²) >= 11 is 0. The molecule has 1 aromatic carbocycles. The average Bonchev–Trinajstić information content (AvgIpc) is 3.48. The van der Waals surface area contributed by atoms with Gasteiger partial charge in [0.2, 0.25) is 0 Å². The van der Waals surface area contributed by atoms with Crippen molar-refractivity contribution in [1.29, 1.82) is 0 Å². The van der Waals surface area contributed by atoms with Crippen LogP contribution in [0.3, 0.4) is 0 Å². The lowest BCUT2D eigenvalue weighted by molar-refractivity contribution is -0.122. The predicted molar refractivity (Wildman–Crippen MR) is 118 cm³/mol. The third kappa shape index (κ3) is 3.94. The third-order valence-electron chi connectivity index (χ3n) is 6.99. The summed E-state index contributed by atoms with van der Waals surface area (Å²) in [7, 11) is 0. The first-order valence-electron chi connectivity index (χ1n) is 11.7. The van der Waals surface area contributed by atoms with Crippen molar-refractivity contribution in [3.05, 3.63) is 64.2 Å². The van der Waals surface area contributed by atoms with E-state index in [-0.39, 0.29) is 29.7 Å². The van der Waals surface area contributed by atoms with Crippen molar-refractivity contribution < 1.29 is 18.9 Å². The fourth-order valence-corrected chi connectivity index (χ4v) is 5.38. The minimum absolute atomic E-state index is 0.0227. The molecule has 0 spiro atoms. The summed E-state index contributed by atoms with van der Waals surface area (Å²) in [5, 5.41) is 4.15. The lowest BCUT2D eigenvalue weighted by atomic mass is 9.81. The number of Topliss-reactive ketones (excluding diaryl/α,β-unsaturated/α-hetero) is 3. The molecule has 1 atom stereocenters. The predicted octanol–water partition coefficient (Wildman–Crippen LogP) is 4.19. The summed E-state index contributed by atoms with van der Waals surface area (Å²) in [6.45, 7) is 1.85. The van der Waals surface area contributed by atoms with E-state index >= 15 is 0 Å². The van der Waals surface area contributed by atoms with Crippen LogP contribution in [0.15, 0.2) is 46.1 Å². The number of ketones is 3. The van der Waals surface area contributed by atoms with Crippen LogP contribution < -0.4 is 0 Å². The summed E-state index contributed by atoms with van der Waals surface area (Å²) in [6.07, 6.45) is 5.82. The van der Waals surface area contributed by atoms with Gasteiger partial charge in [0.15, 0.2) is 17.3 Å². The Kier molecular flexibility index (Phi) is 5.77. The highest BCUT2D eigenvalue weighted by Crippen LogP contribution is 2.35. The van der Waals surface area contributed by atoms with Gasteiger partial charge in [-0.1, -0.05) is 35.5 Å². The van der Waals surface area contributed by atoms with E-state index in [2.05, 4.69) is 10.1 Å². The molecule has 6 nitrogen and oxygen atoms in total. The van der Waals surface area contributed by atoms with Gasteiger partial charge in [-0.05, 0) is 37.2 Å². The Morgan fingerprint density at radius 3 is 2.56 bits per heavy atom. The van der Waals surface area contributed by atoms with Crippen molar-refractivity contribution in [3.8, 4) is 0 Å². The maximum atomic E-state index is 13.1. The number of nitrogens with zero attached hydrogens (tertiary/aromatic N) is 2. The molecule has 6 heteroatoms. The zero-order valence-corrected chi connectivity index (χ0v) is 18.3. The first-order valence-corrected chi connectivity index (χ1v) is 11.7. The van der Waals surface area contributed by atoms with E-state index in [1.165, 1.54) is 0 Å². The number of carbonyl (C=O) groups is 3. The SMILES string of the molecule is O=C1CCCC(N2CCCC2)=C1C(=O)CCc1noc2c1C(=O)CC(c1ccccc1)C2. The topological polar surface area (TPSA) is 80.5 Å². The minimum atomic E-state index is -0.126. The Hall–Kier alpha value is -3.02. The maximum absolute atomic E-state index is 13.1. The van der Waals surface area contributed by atoms with Crippen LogP contribution in [0.25, 0.3) is 0 Å². The fourth-order valence-electron chi connectivity index (χ4n) is 5.38. The van der Waals surface area contributed by atoms with Crippen molar-refractivity contribution in [2.45, 2.75) is 63.7 Å². The van der Waals surface area contributed by atoms with Gasteiger partial charge >= 0.3 is 0 Å². The molecular formula is C26H28N2O4. The first-order chi connectivity index (χ1) is 15.6. The van der Waals surface area contributed by atoms with Gasteiger partial charge in [-0.15, -0.1) is 0 Å². The van der Waals surface area contributed by atoms with E-state index in [1.807, 2.05) is 30.3 Å². The second kappa shape index (κ2) is 8.85. The molecule has 2 aliphatic carbocycles. The monoisotopic (exact) mass is 432 g/mol. The van der Waals surface area contributed by atoms with E-state index in [1.54, 1.807) is 0 Å². The molecular weight excluding hydrogens is 404 g/mol. The molecule has 1 aromatic heterocycles. The number of carbonyl (C=O) groups excluding carboxylic acids is 3. The smallest absolute Gasteiger partial charge is 0.168 e. The van der Waals surface area contributed by atoms with Crippen molar-refractivity contribution in [3.63, 3.8) is 0 Å². The Bertz CT molecular complexity index is 1080. The van der Waals surface area contributed by atoms with Gasteiger partial charge in [-0.25, -0.2) is 0 Å². The molecule has 0 bridgehead atoms. The van der Waals surface area contributed by atoms with Gasteiger partial charge in [-0.3, -0.25) is 14.4 Å². The molecule has 0 radical (unpaired) electrons. The fraction of sp³-hybridized carbons (Fsp3) is 0.462. The van der Waals surface area contributed by atoms with E-state index < -0.39 is 0 Å². The molecule has 1 fully saturated rings. The molecule has 3 aliphatic rings. The molecule has 32 heavy (non-hydrogen) atoms. The van der Waals surface area contributed by atoms with E-state index in [0.29, 0.717) is 48.3 Å². The molecule has 1 saturated heterocycles. The maximum Gasteiger partial charge on any atom is 0.168 e. The Balaban J connectivity index is 1.32. The number of fused-ring (bicyclic) bond motifs is 1. The molecule has 166 valence electrons. The van der Waals surface area contributed by atoms with Gasteiger partial charge in [0.05, 0.1) is 16.8 Å². The van der Waals surface area contributed by atoms with Gasteiger partial charge in [0.1, 0.15) is 5.76 Å². The number of likely N-dealkylation sites (tertiary alicyclic amines) is 1. The number of benzene rings is 1. The highest BCUT2D eigenvalue weighted by atomic mass is 16.5. The molecule has 1 unspecified atom stereocenters. The molecule has 1 aliphatic heterocycles. The molecule has 5 rings (SSSR count). The van der Waals surface area contributed by atoms with Crippen molar-refractivity contribution >= 4 is 17.3 Å². The number of aryl methyl sites for hydroxylation is 1. The van der Waals surface area contributed by atoms with Gasteiger partial charge in [-0.2, -0.15) is 0 Å². The van der Waals surface area contributed by atoms with Crippen LogP contribution in [0.1, 0.15) is 78.2 Å². The van der Waals surface area contributed by atoms with E-state index in [0.717, 1.165) is 50.0 Å². The summed E-state index contributed by atoms with van der Waals surface area (Å²) in [6, 6.07) is 9.98. The summed E-state index contributed by atoms with van der Waals surface area (Å²) in [5.41, 5.74) is 3.56. The molecule has 2 heterocycles. The largest absolute Gasteiger partial charge is 0.374 e. The van der Waals surface area contributed by atoms with Crippen LogP contribution in [0, 0.1) is 0 Å². The Morgan fingerprint density at radius 2 is 1.78 bits per heavy atom. The molecule has 0 N–H and O–H groups in total. The van der Waals surface area contributed by atoms with E-state index in [4.69, 9.17) is 4.52 Å². The van der Waals surface area contributed by atoms with Crippen LogP contribution in [0.4, 0.5) is 0 Å². The minimum Gasteiger partial charge on any atom is -0.374 e. The molecule has 2 aromatic rings. The zero-order chi connectivity index (χ0) is 22.1. The Morgan fingerprint density at radius 1 is 1.00 bits per heavy atom. The Labute approximate surface area is 187 Å². The normalized spacial score (nSPS) is 21.2. The van der Waals surface area contributed by atoms with Gasteiger partial charge < -0.3 is 9.42 Å². The second-order valence-corrected chi connectivity index (χ2v) is 9.08. The molecule has 0 saturated carbocycles. The number of hydrogen-bond donors (Lipinski definition) is 0. The number of hydrogen-bond acceptors (Lipinski definition) is 6. The van der Waals surface area contributed by atoms with E-state index in [9.17, 15) is 14.4 Å². The quantitative estimate of drug-likeness (QED) is 0.637. The number of aromatic nitrogens is 1. The van der Waals surface area contributed by atoms with Crippen LogP contribution in [-0.4, -0.2) is 40.5 Å². The van der Waals surface area contributed by atoms with Crippen LogP contribution >= 0.6 is 0 Å². The zero-order valence-electron chi connectivity index (χ0n) is 18.3. The first kappa shape index (κ1) is 20.9. The highest BCUT2D eigenvalue weighted by molar-refractivity contribution is 6.21. The summed E-state index contributed by atoms with van der Waals surface area (Å²) in [5.74, 6) is 0.565. The average molecular weight is 433 g/mol. The second-order valence-electron chi connectivity index (χ2n) is 9.08. The number of rotatable bonds is 6. The molecule has 0 amide bonds. The van der Waals surface area contributed by atoms with Crippen molar-refractivity contribution in [2.24, 2.45) is 0 Å². The third-order valence-corrected chi connectivity index (χ3v) is 6.99. The summed E-state index contributed by atoms with van der Waals surface area (Å²) in [4.78, 5) is 40.9.